The molecule has 0 fully saturated rings. The Bertz CT molecular complexity index is 608. The summed E-state index contributed by atoms with van der Waals surface area (Å²) in [6.45, 7) is 0.0280. The van der Waals surface area contributed by atoms with Crippen LogP contribution < -0.4 is 10.5 Å². The molecule has 2 rings (SSSR count). The van der Waals surface area contributed by atoms with Crippen LogP contribution in [0.4, 0.5) is 0 Å². The smallest absolute Gasteiger partial charge is 0.234 e. The van der Waals surface area contributed by atoms with Gasteiger partial charge in [0.2, 0.25) is 15.0 Å². The summed E-state index contributed by atoms with van der Waals surface area (Å²) in [5.74, 6) is 0.538. The lowest BCUT2D eigenvalue weighted by molar-refractivity contribution is 0.351. The summed E-state index contributed by atoms with van der Waals surface area (Å²) < 4.78 is 27.8. The first kappa shape index (κ1) is 11.9. The summed E-state index contributed by atoms with van der Waals surface area (Å²) in [4.78, 5) is 3.69. The second-order valence-electron chi connectivity index (χ2n) is 3.35. The fraction of sp³-hybridized carbons (Fsp3) is 0.100. The second kappa shape index (κ2) is 4.38. The van der Waals surface area contributed by atoms with E-state index in [4.69, 9.17) is 22.1 Å². The van der Waals surface area contributed by atoms with Gasteiger partial charge >= 0.3 is 0 Å². The molecule has 1 heterocycles. The van der Waals surface area contributed by atoms with Crippen molar-refractivity contribution in [1.82, 2.24) is 0 Å². The van der Waals surface area contributed by atoms with Gasteiger partial charge in [-0.3, -0.25) is 0 Å². The largest absolute Gasteiger partial charge is 0.487 e. The highest BCUT2D eigenvalue weighted by atomic mass is 35.5. The number of rotatable bonds is 3. The number of nitrogens with two attached hydrogens (primary N) is 1. The number of halogens is 1. The topological polar surface area (TPSA) is 81.8 Å². The van der Waals surface area contributed by atoms with Crippen molar-refractivity contribution in [3.8, 4) is 5.75 Å². The van der Waals surface area contributed by atoms with Crippen molar-refractivity contribution in [3.05, 3.63) is 40.4 Å². The van der Waals surface area contributed by atoms with Crippen molar-refractivity contribution < 1.29 is 13.2 Å². The van der Waals surface area contributed by atoms with Gasteiger partial charge in [0, 0.05) is 5.02 Å². The van der Waals surface area contributed by atoms with Crippen LogP contribution in [0.5, 0.6) is 5.75 Å². The van der Waals surface area contributed by atoms with E-state index in [1.165, 1.54) is 0 Å². The van der Waals surface area contributed by atoms with E-state index < -0.39 is 15.0 Å². The zero-order valence-electron chi connectivity index (χ0n) is 8.63. The molecule has 17 heavy (non-hydrogen) atoms. The monoisotopic (exact) mass is 272 g/mol. The van der Waals surface area contributed by atoms with Gasteiger partial charge in [0.1, 0.15) is 12.4 Å². The van der Waals surface area contributed by atoms with E-state index in [0.29, 0.717) is 10.8 Å². The molecule has 90 valence electrons. The molecule has 0 atom stereocenters. The molecule has 0 unspecified atom stereocenters. The van der Waals surface area contributed by atoms with Crippen molar-refractivity contribution in [2.75, 3.05) is 6.61 Å². The Morgan fingerprint density at radius 2 is 2.18 bits per heavy atom. The Morgan fingerprint density at radius 3 is 2.76 bits per heavy atom. The van der Waals surface area contributed by atoms with Gasteiger partial charge in [0.05, 0.1) is 11.1 Å². The molecule has 0 bridgehead atoms. The Morgan fingerprint density at radius 1 is 1.41 bits per heavy atom. The lowest BCUT2D eigenvalue weighted by Crippen LogP contribution is -2.18. The first-order chi connectivity index (χ1) is 7.97. The minimum atomic E-state index is -3.53. The molecule has 0 amide bonds. The van der Waals surface area contributed by atoms with Crippen LogP contribution in [0.25, 0.3) is 0 Å². The molecule has 0 aliphatic carbocycles. The molecule has 0 saturated heterocycles. The van der Waals surface area contributed by atoms with Crippen LogP contribution in [0.2, 0.25) is 5.02 Å². The minimum Gasteiger partial charge on any atom is -0.487 e. The minimum absolute atomic E-state index is 0.0280. The molecule has 2 N–H and O–H groups in total. The molecule has 1 aliphatic rings. The number of nitrogens with zero attached hydrogens (tertiary/aromatic N) is 1. The molecule has 0 spiro atoms. The highest BCUT2D eigenvalue weighted by molar-refractivity contribution is 8.09. The summed E-state index contributed by atoms with van der Waals surface area (Å²) in [5, 5.41) is 1.13. The van der Waals surface area contributed by atoms with E-state index in [2.05, 4.69) is 4.99 Å². The van der Waals surface area contributed by atoms with Crippen molar-refractivity contribution in [2.45, 2.75) is 0 Å². The number of hydrogen-bond acceptors (Lipinski definition) is 5. The van der Waals surface area contributed by atoms with E-state index in [1.54, 1.807) is 24.3 Å². The van der Waals surface area contributed by atoms with Crippen molar-refractivity contribution in [3.63, 3.8) is 0 Å². The average Bonchev–Trinajstić information content (AvgIpc) is 2.50. The number of benzene rings is 1. The average molecular weight is 273 g/mol. The maximum Gasteiger partial charge on any atom is 0.234 e. The van der Waals surface area contributed by atoms with E-state index in [1.807, 2.05) is 0 Å². The van der Waals surface area contributed by atoms with Crippen LogP contribution >= 0.6 is 11.6 Å². The van der Waals surface area contributed by atoms with Crippen molar-refractivity contribution in [1.29, 1.82) is 0 Å². The van der Waals surface area contributed by atoms with Gasteiger partial charge in [-0.2, -0.15) is 0 Å². The van der Waals surface area contributed by atoms with Gasteiger partial charge in [-0.25, -0.2) is 13.4 Å². The third-order valence-electron chi connectivity index (χ3n) is 2.02. The zero-order valence-corrected chi connectivity index (χ0v) is 10.2. The maximum atomic E-state index is 11.2. The Kier molecular flexibility index (Phi) is 3.08. The van der Waals surface area contributed by atoms with Crippen LogP contribution in [0, 0.1) is 0 Å². The highest BCUT2D eigenvalue weighted by Gasteiger charge is 2.21. The SMILES string of the molecule is NC1=NC(COc2cccc(Cl)c2)=CS1(=O)=O. The summed E-state index contributed by atoms with van der Waals surface area (Å²) in [6, 6.07) is 6.78. The Balaban J connectivity index is 2.06. The highest BCUT2D eigenvalue weighted by Crippen LogP contribution is 2.19. The lowest BCUT2D eigenvalue weighted by Gasteiger charge is -2.04. The van der Waals surface area contributed by atoms with E-state index >= 15 is 0 Å². The van der Waals surface area contributed by atoms with Crippen LogP contribution in [-0.4, -0.2) is 20.2 Å². The first-order valence-corrected chi connectivity index (χ1v) is 6.58. The predicted octanol–water partition coefficient (Wildman–Crippen LogP) is 1.30. The Labute approximate surface area is 103 Å². The molecule has 1 aromatic carbocycles. The second-order valence-corrected chi connectivity index (χ2v) is 5.53. The van der Waals surface area contributed by atoms with E-state index in [-0.39, 0.29) is 12.3 Å². The van der Waals surface area contributed by atoms with Crippen LogP contribution in [0.1, 0.15) is 0 Å². The predicted molar refractivity (Wildman–Crippen MR) is 65.6 cm³/mol. The molecule has 0 radical (unpaired) electrons. The molecular weight excluding hydrogens is 264 g/mol. The summed E-state index contributed by atoms with van der Waals surface area (Å²) in [5.41, 5.74) is 5.50. The normalized spacial score (nSPS) is 17.5. The van der Waals surface area contributed by atoms with Crippen molar-refractivity contribution in [2.24, 2.45) is 10.7 Å². The third-order valence-corrected chi connectivity index (χ3v) is 3.51. The molecule has 1 aromatic rings. The molecule has 5 nitrogen and oxygen atoms in total. The van der Waals surface area contributed by atoms with Crippen LogP contribution in [0.15, 0.2) is 40.4 Å². The van der Waals surface area contributed by atoms with Crippen LogP contribution in [-0.2, 0) is 9.84 Å². The third kappa shape index (κ3) is 2.78. The zero-order chi connectivity index (χ0) is 12.5. The fourth-order valence-corrected chi connectivity index (χ4v) is 2.28. The van der Waals surface area contributed by atoms with Gasteiger partial charge in [0.15, 0.2) is 0 Å². The van der Waals surface area contributed by atoms with Gasteiger partial charge in [0.25, 0.3) is 0 Å². The maximum absolute atomic E-state index is 11.2. The van der Waals surface area contributed by atoms with E-state index in [9.17, 15) is 8.42 Å². The number of hydrogen-bond donors (Lipinski definition) is 1. The molecule has 0 saturated carbocycles. The van der Waals surface area contributed by atoms with E-state index in [0.717, 1.165) is 5.41 Å². The quantitative estimate of drug-likeness (QED) is 0.899. The number of aliphatic imine (C=N–C) groups is 1. The summed E-state index contributed by atoms with van der Waals surface area (Å²) >= 11 is 5.77. The molecule has 1 aliphatic heterocycles. The fourth-order valence-electron chi connectivity index (χ4n) is 1.25. The Hall–Kier alpha value is -1.53. The molecule has 7 heteroatoms. The van der Waals surface area contributed by atoms with Crippen molar-refractivity contribution >= 4 is 26.6 Å². The van der Waals surface area contributed by atoms with Gasteiger partial charge in [-0.05, 0) is 18.2 Å². The standard InChI is InChI=1S/C10H9ClN2O3S/c11-7-2-1-3-9(4-7)16-5-8-6-17(14,15)10(12)13-8/h1-4,6H,5H2,(H2,12,13). The summed E-state index contributed by atoms with van der Waals surface area (Å²) in [7, 11) is -3.53. The number of amidine groups is 1. The van der Waals surface area contributed by atoms with Crippen LogP contribution in [0.3, 0.4) is 0 Å². The molecule has 0 aromatic heterocycles. The van der Waals surface area contributed by atoms with Gasteiger partial charge < -0.3 is 10.5 Å². The summed E-state index contributed by atoms with van der Waals surface area (Å²) in [6.07, 6.45) is 0. The lowest BCUT2D eigenvalue weighted by atomic mass is 10.3. The van der Waals surface area contributed by atoms with Gasteiger partial charge in [-0.15, -0.1) is 0 Å². The number of sulfone groups is 1. The first-order valence-electron chi connectivity index (χ1n) is 4.65. The number of ether oxygens (including phenoxy) is 1. The molecular formula is C10H9ClN2O3S. The van der Waals surface area contributed by atoms with Gasteiger partial charge in [-0.1, -0.05) is 17.7 Å².